The molecule has 0 aromatic heterocycles. The lowest BCUT2D eigenvalue weighted by atomic mass is 9.75. The van der Waals surface area contributed by atoms with Crippen LogP contribution in [0.25, 0.3) is 0 Å². The second-order valence-electron chi connectivity index (χ2n) is 5.22. The van der Waals surface area contributed by atoms with E-state index in [4.69, 9.17) is 0 Å². The predicted octanol–water partition coefficient (Wildman–Crippen LogP) is 4.89. The highest BCUT2D eigenvalue weighted by atomic mass is 14.4. The summed E-state index contributed by atoms with van der Waals surface area (Å²) < 4.78 is 0. The highest BCUT2D eigenvalue weighted by Crippen LogP contribution is 2.44. The Balaban J connectivity index is 2.57. The van der Waals surface area contributed by atoms with E-state index in [-0.39, 0.29) is 0 Å². The van der Waals surface area contributed by atoms with Crippen LogP contribution in [-0.2, 0) is 0 Å². The van der Waals surface area contributed by atoms with Crippen molar-refractivity contribution in [1.29, 1.82) is 0 Å². The lowest BCUT2D eigenvalue weighted by Crippen LogP contribution is -2.23. The molecule has 1 saturated carbocycles. The van der Waals surface area contributed by atoms with E-state index in [2.05, 4.69) is 27.7 Å². The van der Waals surface area contributed by atoms with E-state index in [0.29, 0.717) is 0 Å². The molecule has 1 aliphatic rings. The topological polar surface area (TPSA) is 0 Å². The van der Waals surface area contributed by atoms with E-state index in [0.717, 1.165) is 23.7 Å². The number of hydrogen-bond donors (Lipinski definition) is 0. The molecule has 0 bridgehead atoms. The molecule has 3 unspecified atom stereocenters. The summed E-state index contributed by atoms with van der Waals surface area (Å²) in [5, 5.41) is 0. The standard InChI is InChI=1S/C14H28/c1-5-11(4)13-9-8-10-14(13)12(6-2)7-3/h11-14H,5-10H2,1-4H3. The van der Waals surface area contributed by atoms with Gasteiger partial charge in [-0.3, -0.25) is 0 Å². The molecule has 0 amide bonds. The molecule has 1 fully saturated rings. The molecule has 0 radical (unpaired) electrons. The molecule has 0 saturated heterocycles. The van der Waals surface area contributed by atoms with E-state index in [1.165, 1.54) is 38.5 Å². The van der Waals surface area contributed by atoms with Gasteiger partial charge in [-0.25, -0.2) is 0 Å². The van der Waals surface area contributed by atoms with Gasteiger partial charge >= 0.3 is 0 Å². The van der Waals surface area contributed by atoms with Gasteiger partial charge in [-0.2, -0.15) is 0 Å². The summed E-state index contributed by atoms with van der Waals surface area (Å²) >= 11 is 0. The molecule has 84 valence electrons. The van der Waals surface area contributed by atoms with Gasteiger partial charge in [0.2, 0.25) is 0 Å². The van der Waals surface area contributed by atoms with Crippen LogP contribution in [0.15, 0.2) is 0 Å². The van der Waals surface area contributed by atoms with Gasteiger partial charge in [0, 0.05) is 0 Å². The quantitative estimate of drug-likeness (QED) is 0.587. The van der Waals surface area contributed by atoms with E-state index in [1.807, 2.05) is 0 Å². The summed E-state index contributed by atoms with van der Waals surface area (Å²) in [5.74, 6) is 4.07. The molecule has 1 aliphatic carbocycles. The van der Waals surface area contributed by atoms with E-state index < -0.39 is 0 Å². The Hall–Kier alpha value is 0. The van der Waals surface area contributed by atoms with Crippen molar-refractivity contribution in [2.24, 2.45) is 23.7 Å². The van der Waals surface area contributed by atoms with Crippen LogP contribution in [0.4, 0.5) is 0 Å². The Morgan fingerprint density at radius 3 is 2.00 bits per heavy atom. The van der Waals surface area contributed by atoms with Crippen molar-refractivity contribution < 1.29 is 0 Å². The van der Waals surface area contributed by atoms with Gasteiger partial charge in [-0.05, 0) is 36.5 Å². The fourth-order valence-corrected chi connectivity index (χ4v) is 3.51. The SMILES string of the molecule is CCC(C)C1CCCC1C(CC)CC. The average molecular weight is 196 g/mol. The average Bonchev–Trinajstić information content (AvgIpc) is 2.68. The molecule has 0 nitrogen and oxygen atoms in total. The number of rotatable bonds is 5. The lowest BCUT2D eigenvalue weighted by molar-refractivity contribution is 0.189. The molecule has 0 heteroatoms. The van der Waals surface area contributed by atoms with Crippen molar-refractivity contribution >= 4 is 0 Å². The van der Waals surface area contributed by atoms with Crippen molar-refractivity contribution in [3.8, 4) is 0 Å². The summed E-state index contributed by atoms with van der Waals surface area (Å²) in [4.78, 5) is 0. The maximum Gasteiger partial charge on any atom is -0.0355 e. The Kier molecular flexibility index (Phi) is 4.98. The minimum Gasteiger partial charge on any atom is -0.0651 e. The molecule has 3 atom stereocenters. The fraction of sp³-hybridized carbons (Fsp3) is 1.00. The largest absolute Gasteiger partial charge is 0.0651 e. The van der Waals surface area contributed by atoms with Crippen molar-refractivity contribution in [2.75, 3.05) is 0 Å². The molecule has 0 aliphatic heterocycles. The first-order valence-electron chi connectivity index (χ1n) is 6.74. The molecular weight excluding hydrogens is 168 g/mol. The van der Waals surface area contributed by atoms with E-state index in [1.54, 1.807) is 0 Å². The van der Waals surface area contributed by atoms with Gasteiger partial charge in [-0.1, -0.05) is 53.4 Å². The molecule has 0 aromatic carbocycles. The monoisotopic (exact) mass is 196 g/mol. The van der Waals surface area contributed by atoms with Gasteiger partial charge in [0.1, 0.15) is 0 Å². The second-order valence-corrected chi connectivity index (χ2v) is 5.22. The van der Waals surface area contributed by atoms with Crippen LogP contribution in [0.2, 0.25) is 0 Å². The van der Waals surface area contributed by atoms with Crippen LogP contribution < -0.4 is 0 Å². The predicted molar refractivity (Wildman–Crippen MR) is 64.4 cm³/mol. The van der Waals surface area contributed by atoms with Crippen LogP contribution >= 0.6 is 0 Å². The fourth-order valence-electron chi connectivity index (χ4n) is 3.51. The maximum absolute atomic E-state index is 2.46. The highest BCUT2D eigenvalue weighted by molar-refractivity contribution is 4.84. The zero-order valence-corrected chi connectivity index (χ0v) is 10.6. The Bertz CT molecular complexity index is 146. The molecule has 14 heavy (non-hydrogen) atoms. The van der Waals surface area contributed by atoms with E-state index in [9.17, 15) is 0 Å². The Morgan fingerprint density at radius 2 is 1.50 bits per heavy atom. The van der Waals surface area contributed by atoms with Crippen LogP contribution in [0, 0.1) is 23.7 Å². The number of hydrogen-bond acceptors (Lipinski definition) is 0. The summed E-state index contributed by atoms with van der Waals surface area (Å²) in [6.45, 7) is 9.57. The third-order valence-electron chi connectivity index (χ3n) is 4.65. The normalized spacial score (nSPS) is 29.8. The van der Waals surface area contributed by atoms with Gasteiger partial charge in [0.15, 0.2) is 0 Å². The molecule has 0 aromatic rings. The summed E-state index contributed by atoms with van der Waals surface area (Å²) in [5.41, 5.74) is 0. The lowest BCUT2D eigenvalue weighted by Gasteiger charge is -2.30. The van der Waals surface area contributed by atoms with Crippen LogP contribution in [0.3, 0.4) is 0 Å². The first-order chi connectivity index (χ1) is 6.74. The van der Waals surface area contributed by atoms with Gasteiger partial charge in [-0.15, -0.1) is 0 Å². The smallest absolute Gasteiger partial charge is 0.0355 e. The van der Waals surface area contributed by atoms with Crippen molar-refractivity contribution in [3.05, 3.63) is 0 Å². The van der Waals surface area contributed by atoms with Crippen LogP contribution in [0.5, 0.6) is 0 Å². The second kappa shape index (κ2) is 5.78. The first kappa shape index (κ1) is 12.1. The Morgan fingerprint density at radius 1 is 0.929 bits per heavy atom. The highest BCUT2D eigenvalue weighted by Gasteiger charge is 2.34. The zero-order valence-electron chi connectivity index (χ0n) is 10.6. The molecule has 0 N–H and O–H groups in total. The third kappa shape index (κ3) is 2.52. The molecule has 0 heterocycles. The molecule has 0 spiro atoms. The first-order valence-corrected chi connectivity index (χ1v) is 6.74. The third-order valence-corrected chi connectivity index (χ3v) is 4.65. The summed E-state index contributed by atoms with van der Waals surface area (Å²) in [6.07, 6.45) is 8.69. The van der Waals surface area contributed by atoms with E-state index >= 15 is 0 Å². The van der Waals surface area contributed by atoms with Crippen molar-refractivity contribution in [2.45, 2.75) is 66.2 Å². The van der Waals surface area contributed by atoms with Crippen LogP contribution in [-0.4, -0.2) is 0 Å². The van der Waals surface area contributed by atoms with Crippen molar-refractivity contribution in [3.63, 3.8) is 0 Å². The van der Waals surface area contributed by atoms with Gasteiger partial charge < -0.3 is 0 Å². The van der Waals surface area contributed by atoms with Crippen molar-refractivity contribution in [1.82, 2.24) is 0 Å². The zero-order chi connectivity index (χ0) is 10.6. The minimum atomic E-state index is 0.961. The van der Waals surface area contributed by atoms with Gasteiger partial charge in [0.05, 0.1) is 0 Å². The van der Waals surface area contributed by atoms with Gasteiger partial charge in [0.25, 0.3) is 0 Å². The minimum absolute atomic E-state index is 0.961. The molecule has 1 rings (SSSR count). The molecular formula is C14H28. The Labute approximate surface area is 90.5 Å². The maximum atomic E-state index is 2.46. The summed E-state index contributed by atoms with van der Waals surface area (Å²) in [6, 6.07) is 0. The summed E-state index contributed by atoms with van der Waals surface area (Å²) in [7, 11) is 0. The van der Waals surface area contributed by atoms with Crippen LogP contribution in [0.1, 0.15) is 66.2 Å².